The van der Waals surface area contributed by atoms with Crippen LogP contribution in [0.25, 0.3) is 0 Å². The quantitative estimate of drug-likeness (QED) is 0.848. The molecule has 5 nitrogen and oxygen atoms in total. The first-order valence-electron chi connectivity index (χ1n) is 9.16. The fourth-order valence-corrected chi connectivity index (χ4v) is 3.76. The highest BCUT2D eigenvalue weighted by molar-refractivity contribution is 5.78. The molecular formula is C19H28FN3O2. The molecule has 138 valence electrons. The Bertz CT molecular complexity index is 578. The second-order valence-corrected chi connectivity index (χ2v) is 7.14. The number of benzene rings is 1. The average Bonchev–Trinajstić information content (AvgIpc) is 3.05. The van der Waals surface area contributed by atoms with E-state index in [0.717, 1.165) is 13.1 Å². The maximum absolute atomic E-state index is 13.7. The van der Waals surface area contributed by atoms with Gasteiger partial charge in [-0.05, 0) is 39.0 Å². The van der Waals surface area contributed by atoms with Gasteiger partial charge in [0.2, 0.25) is 5.91 Å². The summed E-state index contributed by atoms with van der Waals surface area (Å²) >= 11 is 0. The van der Waals surface area contributed by atoms with E-state index in [1.807, 2.05) is 18.0 Å². The van der Waals surface area contributed by atoms with E-state index in [4.69, 9.17) is 4.74 Å². The minimum absolute atomic E-state index is 0.0312. The fraction of sp³-hybridized carbons (Fsp3) is 0.632. The number of nitrogens with zero attached hydrogens (tertiary/aromatic N) is 2. The van der Waals surface area contributed by atoms with Crippen LogP contribution in [0.3, 0.4) is 0 Å². The number of carbonyl (C=O) groups excluding carboxylic acids is 1. The standard InChI is InChI=1S/C19H28FN3O2/c1-22(11-15-7-3-4-8-16(15)20)12-19(24)21-17-13-25-14-18(17)23-9-5-2-6-10-23/h3-4,7-8,17-18H,2,5-6,9-14H2,1H3,(H,21,24)/t17-,18-/m1/s1. The second-order valence-electron chi connectivity index (χ2n) is 7.14. The highest BCUT2D eigenvalue weighted by Gasteiger charge is 2.34. The molecule has 0 unspecified atom stereocenters. The number of hydrogen-bond donors (Lipinski definition) is 1. The van der Waals surface area contributed by atoms with Gasteiger partial charge in [-0.25, -0.2) is 4.39 Å². The molecule has 2 heterocycles. The molecule has 1 aromatic rings. The summed E-state index contributed by atoms with van der Waals surface area (Å²) in [7, 11) is 1.83. The zero-order valence-electron chi connectivity index (χ0n) is 14.9. The summed E-state index contributed by atoms with van der Waals surface area (Å²) in [5, 5.41) is 3.12. The lowest BCUT2D eigenvalue weighted by Gasteiger charge is -2.34. The van der Waals surface area contributed by atoms with E-state index in [1.54, 1.807) is 12.1 Å². The molecule has 0 radical (unpaired) electrons. The van der Waals surface area contributed by atoms with Crippen LogP contribution < -0.4 is 5.32 Å². The zero-order valence-corrected chi connectivity index (χ0v) is 14.9. The van der Waals surface area contributed by atoms with Crippen molar-refractivity contribution in [2.24, 2.45) is 0 Å². The van der Waals surface area contributed by atoms with Crippen molar-refractivity contribution in [3.05, 3.63) is 35.6 Å². The Hall–Kier alpha value is -1.50. The summed E-state index contributed by atoms with van der Waals surface area (Å²) in [6.45, 7) is 4.11. The third kappa shape index (κ3) is 5.00. The summed E-state index contributed by atoms with van der Waals surface area (Å²) in [6.07, 6.45) is 3.74. The van der Waals surface area contributed by atoms with Crippen LogP contribution in [0.2, 0.25) is 0 Å². The topological polar surface area (TPSA) is 44.8 Å². The van der Waals surface area contributed by atoms with Gasteiger partial charge in [-0.3, -0.25) is 14.6 Å². The molecule has 0 saturated carbocycles. The summed E-state index contributed by atoms with van der Waals surface area (Å²) in [5.74, 6) is -0.263. The normalized spacial score (nSPS) is 24.6. The molecule has 2 fully saturated rings. The summed E-state index contributed by atoms with van der Waals surface area (Å²) in [6, 6.07) is 7.01. The Balaban J connectivity index is 1.48. The molecule has 1 amide bonds. The summed E-state index contributed by atoms with van der Waals surface area (Å²) < 4.78 is 19.3. The van der Waals surface area contributed by atoms with E-state index in [-0.39, 0.29) is 30.4 Å². The third-order valence-corrected chi connectivity index (χ3v) is 5.07. The van der Waals surface area contributed by atoms with Crippen molar-refractivity contribution in [2.75, 3.05) is 39.9 Å². The van der Waals surface area contributed by atoms with E-state index in [0.29, 0.717) is 25.3 Å². The van der Waals surface area contributed by atoms with E-state index >= 15 is 0 Å². The van der Waals surface area contributed by atoms with Crippen LogP contribution in [0, 0.1) is 5.82 Å². The smallest absolute Gasteiger partial charge is 0.234 e. The summed E-state index contributed by atoms with van der Waals surface area (Å²) in [5.41, 5.74) is 0.605. The number of halogens is 1. The van der Waals surface area contributed by atoms with E-state index in [1.165, 1.54) is 25.3 Å². The molecule has 25 heavy (non-hydrogen) atoms. The fourth-order valence-electron chi connectivity index (χ4n) is 3.76. The van der Waals surface area contributed by atoms with E-state index in [9.17, 15) is 9.18 Å². The first-order valence-corrected chi connectivity index (χ1v) is 9.16. The number of likely N-dealkylation sites (tertiary alicyclic amines) is 1. The Labute approximate surface area is 149 Å². The van der Waals surface area contributed by atoms with Crippen LogP contribution in [0.4, 0.5) is 4.39 Å². The minimum Gasteiger partial charge on any atom is -0.378 e. The van der Waals surface area contributed by atoms with Crippen LogP contribution in [-0.2, 0) is 16.1 Å². The van der Waals surface area contributed by atoms with E-state index < -0.39 is 0 Å². The molecular weight excluding hydrogens is 321 g/mol. The van der Waals surface area contributed by atoms with Crippen LogP contribution in [0.1, 0.15) is 24.8 Å². The average molecular weight is 349 g/mol. The van der Waals surface area contributed by atoms with Crippen LogP contribution in [0.15, 0.2) is 24.3 Å². The molecule has 1 N–H and O–H groups in total. The Kier molecular flexibility index (Phi) is 6.39. The SMILES string of the molecule is CN(CC(=O)N[C@@H]1COC[C@H]1N1CCCCC1)Cc1ccccc1F. The molecule has 2 saturated heterocycles. The van der Waals surface area contributed by atoms with Gasteiger partial charge in [0.25, 0.3) is 0 Å². The number of carbonyl (C=O) groups is 1. The van der Waals surface area contributed by atoms with Crippen molar-refractivity contribution >= 4 is 5.91 Å². The molecule has 2 atom stereocenters. The maximum atomic E-state index is 13.7. The number of hydrogen-bond acceptors (Lipinski definition) is 4. The molecule has 0 aromatic heterocycles. The number of likely N-dealkylation sites (N-methyl/N-ethyl adjacent to an activating group) is 1. The maximum Gasteiger partial charge on any atom is 0.234 e. The lowest BCUT2D eigenvalue weighted by molar-refractivity contribution is -0.123. The number of nitrogens with one attached hydrogen (secondary N) is 1. The van der Waals surface area contributed by atoms with Gasteiger partial charge in [-0.2, -0.15) is 0 Å². The highest BCUT2D eigenvalue weighted by atomic mass is 19.1. The van der Waals surface area contributed by atoms with Crippen molar-refractivity contribution in [1.29, 1.82) is 0 Å². The van der Waals surface area contributed by atoms with Gasteiger partial charge in [-0.1, -0.05) is 24.6 Å². The second kappa shape index (κ2) is 8.74. The first-order chi connectivity index (χ1) is 12.1. The van der Waals surface area contributed by atoms with Gasteiger partial charge >= 0.3 is 0 Å². The Morgan fingerprint density at radius 1 is 1.28 bits per heavy atom. The van der Waals surface area contributed by atoms with Gasteiger partial charge in [-0.15, -0.1) is 0 Å². The molecule has 0 bridgehead atoms. The highest BCUT2D eigenvalue weighted by Crippen LogP contribution is 2.19. The lowest BCUT2D eigenvalue weighted by Crippen LogP contribution is -2.53. The predicted molar refractivity (Wildman–Crippen MR) is 94.7 cm³/mol. The Morgan fingerprint density at radius 2 is 2.04 bits per heavy atom. The monoisotopic (exact) mass is 349 g/mol. The number of piperidine rings is 1. The lowest BCUT2D eigenvalue weighted by atomic mass is 10.0. The zero-order chi connectivity index (χ0) is 17.6. The molecule has 0 spiro atoms. The van der Waals surface area contributed by atoms with E-state index in [2.05, 4.69) is 10.2 Å². The van der Waals surface area contributed by atoms with Gasteiger partial charge in [0, 0.05) is 12.1 Å². The molecule has 2 aliphatic heterocycles. The summed E-state index contributed by atoms with van der Waals surface area (Å²) in [4.78, 5) is 16.7. The minimum atomic E-state index is -0.232. The van der Waals surface area contributed by atoms with Gasteiger partial charge in [0.15, 0.2) is 0 Å². The van der Waals surface area contributed by atoms with Crippen molar-refractivity contribution in [2.45, 2.75) is 37.9 Å². The van der Waals surface area contributed by atoms with Crippen LogP contribution >= 0.6 is 0 Å². The number of rotatable bonds is 6. The third-order valence-electron chi connectivity index (χ3n) is 5.07. The Morgan fingerprint density at radius 3 is 2.80 bits per heavy atom. The molecule has 1 aromatic carbocycles. The van der Waals surface area contributed by atoms with Crippen molar-refractivity contribution in [1.82, 2.24) is 15.1 Å². The van der Waals surface area contributed by atoms with Gasteiger partial charge in [0.1, 0.15) is 5.82 Å². The number of ether oxygens (including phenoxy) is 1. The van der Waals surface area contributed by atoms with Gasteiger partial charge < -0.3 is 10.1 Å². The largest absolute Gasteiger partial charge is 0.378 e. The molecule has 2 aliphatic rings. The van der Waals surface area contributed by atoms with Crippen molar-refractivity contribution in [3.63, 3.8) is 0 Å². The van der Waals surface area contributed by atoms with Crippen LogP contribution in [-0.4, -0.2) is 67.7 Å². The van der Waals surface area contributed by atoms with Crippen LogP contribution in [0.5, 0.6) is 0 Å². The predicted octanol–water partition coefficient (Wildman–Crippen LogP) is 1.63. The molecule has 0 aliphatic carbocycles. The molecule has 3 rings (SSSR count). The van der Waals surface area contributed by atoms with Gasteiger partial charge in [0.05, 0.1) is 31.8 Å². The molecule has 6 heteroatoms. The van der Waals surface area contributed by atoms with Crippen molar-refractivity contribution < 1.29 is 13.9 Å². The number of amides is 1. The van der Waals surface area contributed by atoms with Crippen molar-refractivity contribution in [3.8, 4) is 0 Å². The first kappa shape index (κ1) is 18.3.